The third-order valence-electron chi connectivity index (χ3n) is 2.14. The number of hydrogen-bond acceptors (Lipinski definition) is 4. The molecule has 18 heavy (non-hydrogen) atoms. The summed E-state index contributed by atoms with van der Waals surface area (Å²) >= 11 is 5.64. The van der Waals surface area contributed by atoms with E-state index in [-0.39, 0.29) is 15.9 Å². The van der Waals surface area contributed by atoms with E-state index in [1.807, 2.05) is 13.0 Å². The van der Waals surface area contributed by atoms with Gasteiger partial charge in [-0.05, 0) is 24.6 Å². The van der Waals surface area contributed by atoms with Gasteiger partial charge in [0.25, 0.3) is 10.0 Å². The van der Waals surface area contributed by atoms with Gasteiger partial charge in [0.2, 0.25) is 0 Å². The molecule has 0 aliphatic heterocycles. The number of aromatic nitrogens is 2. The van der Waals surface area contributed by atoms with Crippen LogP contribution in [0, 0.1) is 6.92 Å². The van der Waals surface area contributed by atoms with Gasteiger partial charge in [-0.25, -0.2) is 13.4 Å². The Bertz CT molecular complexity index is 673. The monoisotopic (exact) mass is 283 g/mol. The third kappa shape index (κ3) is 2.96. The van der Waals surface area contributed by atoms with Crippen LogP contribution in [0.3, 0.4) is 0 Å². The van der Waals surface area contributed by atoms with Gasteiger partial charge in [0.1, 0.15) is 5.15 Å². The summed E-state index contributed by atoms with van der Waals surface area (Å²) in [5, 5.41) is 0.124. The first-order valence-electron chi connectivity index (χ1n) is 5.04. The van der Waals surface area contributed by atoms with E-state index >= 15 is 0 Å². The average Bonchev–Trinajstić information content (AvgIpc) is 2.28. The summed E-state index contributed by atoms with van der Waals surface area (Å²) in [6, 6.07) is 6.57. The molecule has 0 saturated heterocycles. The minimum atomic E-state index is -3.66. The van der Waals surface area contributed by atoms with Gasteiger partial charge in [-0.1, -0.05) is 23.7 Å². The van der Waals surface area contributed by atoms with E-state index in [2.05, 4.69) is 14.7 Å². The van der Waals surface area contributed by atoms with Crippen LogP contribution in [0.1, 0.15) is 5.56 Å². The molecule has 7 heteroatoms. The van der Waals surface area contributed by atoms with Crippen LogP contribution in [0.25, 0.3) is 0 Å². The summed E-state index contributed by atoms with van der Waals surface area (Å²) in [7, 11) is -3.66. The molecule has 0 fully saturated rings. The third-order valence-corrected chi connectivity index (χ3v) is 3.68. The normalized spacial score (nSPS) is 11.2. The highest BCUT2D eigenvalue weighted by atomic mass is 35.5. The van der Waals surface area contributed by atoms with Crippen molar-refractivity contribution >= 4 is 27.4 Å². The average molecular weight is 284 g/mol. The lowest BCUT2D eigenvalue weighted by molar-refractivity contribution is 0.601. The Morgan fingerprint density at radius 3 is 2.72 bits per heavy atom. The first kappa shape index (κ1) is 12.8. The van der Waals surface area contributed by atoms with Gasteiger partial charge in [0.05, 0.1) is 17.3 Å². The molecule has 1 N–H and O–H groups in total. The van der Waals surface area contributed by atoms with Gasteiger partial charge in [-0.3, -0.25) is 9.71 Å². The van der Waals surface area contributed by atoms with Crippen molar-refractivity contribution < 1.29 is 8.42 Å². The first-order chi connectivity index (χ1) is 8.47. The van der Waals surface area contributed by atoms with Crippen LogP contribution in [0.4, 0.5) is 5.82 Å². The fraction of sp³-hybridized carbons (Fsp3) is 0.0909. The zero-order valence-electron chi connectivity index (χ0n) is 9.46. The molecule has 1 aromatic heterocycles. The highest BCUT2D eigenvalue weighted by Gasteiger charge is 2.15. The summed E-state index contributed by atoms with van der Waals surface area (Å²) in [5.41, 5.74) is 0.857. The van der Waals surface area contributed by atoms with E-state index < -0.39 is 10.0 Å². The van der Waals surface area contributed by atoms with Crippen molar-refractivity contribution in [2.24, 2.45) is 0 Å². The molecule has 2 rings (SSSR count). The minimum absolute atomic E-state index is 0.0870. The van der Waals surface area contributed by atoms with Gasteiger partial charge < -0.3 is 0 Å². The lowest BCUT2D eigenvalue weighted by atomic mass is 10.2. The van der Waals surface area contributed by atoms with Gasteiger partial charge in [0.15, 0.2) is 5.82 Å². The zero-order chi connectivity index (χ0) is 13.2. The van der Waals surface area contributed by atoms with Crippen LogP contribution in [-0.2, 0) is 10.0 Å². The predicted molar refractivity (Wildman–Crippen MR) is 69.0 cm³/mol. The van der Waals surface area contributed by atoms with Crippen molar-refractivity contribution in [1.29, 1.82) is 0 Å². The van der Waals surface area contributed by atoms with E-state index in [1.165, 1.54) is 18.5 Å². The second-order valence-corrected chi connectivity index (χ2v) is 5.72. The second kappa shape index (κ2) is 4.91. The van der Waals surface area contributed by atoms with Crippen molar-refractivity contribution in [1.82, 2.24) is 9.97 Å². The van der Waals surface area contributed by atoms with Crippen molar-refractivity contribution in [3.05, 3.63) is 47.4 Å². The summed E-state index contributed by atoms with van der Waals surface area (Å²) in [6.45, 7) is 1.82. The van der Waals surface area contributed by atoms with Crippen LogP contribution in [-0.4, -0.2) is 18.4 Å². The van der Waals surface area contributed by atoms with Gasteiger partial charge in [-0.2, -0.15) is 0 Å². The lowest BCUT2D eigenvalue weighted by Crippen LogP contribution is -2.14. The van der Waals surface area contributed by atoms with Crippen LogP contribution >= 0.6 is 11.6 Å². The molecule has 1 aromatic carbocycles. The molecule has 0 atom stereocenters. The maximum atomic E-state index is 12.0. The molecule has 94 valence electrons. The molecule has 2 aromatic rings. The maximum Gasteiger partial charge on any atom is 0.263 e. The lowest BCUT2D eigenvalue weighted by Gasteiger charge is -2.07. The predicted octanol–water partition coefficient (Wildman–Crippen LogP) is 2.24. The molecule has 0 radical (unpaired) electrons. The summed E-state index contributed by atoms with van der Waals surface area (Å²) in [6.07, 6.45) is 2.62. The Hall–Kier alpha value is -1.66. The smallest absolute Gasteiger partial charge is 0.262 e. The number of sulfonamides is 1. The number of aryl methyl sites for hydroxylation is 1. The first-order valence-corrected chi connectivity index (χ1v) is 6.90. The minimum Gasteiger partial charge on any atom is -0.262 e. The van der Waals surface area contributed by atoms with Crippen LogP contribution in [0.2, 0.25) is 5.15 Å². The highest BCUT2D eigenvalue weighted by Crippen LogP contribution is 2.15. The number of rotatable bonds is 3. The quantitative estimate of drug-likeness (QED) is 0.938. The molecular weight excluding hydrogens is 274 g/mol. The van der Waals surface area contributed by atoms with Crippen LogP contribution in [0.15, 0.2) is 41.6 Å². The Kier molecular flexibility index (Phi) is 3.49. The fourth-order valence-electron chi connectivity index (χ4n) is 1.37. The molecule has 5 nitrogen and oxygen atoms in total. The fourth-order valence-corrected chi connectivity index (χ4v) is 2.61. The van der Waals surface area contributed by atoms with Gasteiger partial charge in [0, 0.05) is 0 Å². The number of nitrogens with one attached hydrogen (secondary N) is 1. The summed E-state index contributed by atoms with van der Waals surface area (Å²) < 4.78 is 26.4. The second-order valence-electron chi connectivity index (χ2n) is 3.65. The molecule has 0 spiro atoms. The summed E-state index contributed by atoms with van der Waals surface area (Å²) in [5.74, 6) is 0.0870. The Morgan fingerprint density at radius 2 is 2.06 bits per heavy atom. The van der Waals surface area contributed by atoms with Crippen LogP contribution in [0.5, 0.6) is 0 Å². The Labute approximate surface area is 110 Å². The Balaban J connectivity index is 2.33. The molecular formula is C11H10ClN3O2S. The molecule has 0 amide bonds. The zero-order valence-corrected chi connectivity index (χ0v) is 11.0. The number of benzene rings is 1. The summed E-state index contributed by atoms with van der Waals surface area (Å²) in [4.78, 5) is 7.75. The van der Waals surface area contributed by atoms with Crippen LogP contribution < -0.4 is 4.72 Å². The molecule has 1 heterocycles. The number of nitrogens with zero attached hydrogens (tertiary/aromatic N) is 2. The maximum absolute atomic E-state index is 12.0. The number of anilines is 1. The van der Waals surface area contributed by atoms with Gasteiger partial charge in [-0.15, -0.1) is 0 Å². The standard InChI is InChI=1S/C11H10ClN3O2S/c1-8-3-2-4-9(5-8)18(16,17)15-11-7-13-6-10(12)14-11/h2-7H,1H3,(H,14,15). The molecule has 0 saturated carbocycles. The van der Waals surface area contributed by atoms with E-state index in [4.69, 9.17) is 11.6 Å². The molecule has 0 aliphatic carbocycles. The molecule has 0 bridgehead atoms. The Morgan fingerprint density at radius 1 is 1.28 bits per heavy atom. The van der Waals surface area contributed by atoms with Gasteiger partial charge >= 0.3 is 0 Å². The van der Waals surface area contributed by atoms with Crippen molar-refractivity contribution in [2.75, 3.05) is 4.72 Å². The molecule has 0 aliphatic rings. The topological polar surface area (TPSA) is 72.0 Å². The van der Waals surface area contributed by atoms with E-state index in [1.54, 1.807) is 12.1 Å². The molecule has 0 unspecified atom stereocenters. The SMILES string of the molecule is Cc1cccc(S(=O)(=O)Nc2cncc(Cl)n2)c1. The highest BCUT2D eigenvalue weighted by molar-refractivity contribution is 7.92. The van der Waals surface area contributed by atoms with E-state index in [0.717, 1.165) is 5.56 Å². The van der Waals surface area contributed by atoms with Crippen molar-refractivity contribution in [3.8, 4) is 0 Å². The van der Waals surface area contributed by atoms with E-state index in [0.29, 0.717) is 0 Å². The number of halogens is 1. The van der Waals surface area contributed by atoms with E-state index in [9.17, 15) is 8.42 Å². The van der Waals surface area contributed by atoms with Crippen molar-refractivity contribution in [2.45, 2.75) is 11.8 Å². The van der Waals surface area contributed by atoms with Crippen molar-refractivity contribution in [3.63, 3.8) is 0 Å². The largest absolute Gasteiger partial charge is 0.263 e. The number of hydrogen-bond donors (Lipinski definition) is 1.